The van der Waals surface area contributed by atoms with Crippen LogP contribution < -0.4 is 5.32 Å². The van der Waals surface area contributed by atoms with Gasteiger partial charge in [-0.2, -0.15) is 4.98 Å². The Kier molecular flexibility index (Phi) is 4.88. The molecule has 2 heterocycles. The first kappa shape index (κ1) is 15.5. The average molecular weight is 329 g/mol. The van der Waals surface area contributed by atoms with Crippen LogP contribution in [0, 0.1) is 0 Å². The van der Waals surface area contributed by atoms with Gasteiger partial charge in [0.2, 0.25) is 0 Å². The van der Waals surface area contributed by atoms with E-state index in [0.717, 1.165) is 36.5 Å². The van der Waals surface area contributed by atoms with E-state index in [0.29, 0.717) is 11.0 Å². The normalized spacial score (nSPS) is 10.7. The molecule has 0 radical (unpaired) electrons. The molecule has 2 aromatic heterocycles. The predicted octanol–water partition coefficient (Wildman–Crippen LogP) is 4.00. The lowest BCUT2D eigenvalue weighted by molar-refractivity contribution is 0.423. The van der Waals surface area contributed by atoms with Gasteiger partial charge in [0.05, 0.1) is 0 Å². The third kappa shape index (κ3) is 4.07. The summed E-state index contributed by atoms with van der Waals surface area (Å²) in [6, 6.07) is 11.9. The zero-order valence-electron chi connectivity index (χ0n) is 12.8. The maximum atomic E-state index is 5.86. The van der Waals surface area contributed by atoms with Crippen molar-refractivity contribution in [2.24, 2.45) is 0 Å². The topological polar surface area (TPSA) is 63.8 Å². The van der Waals surface area contributed by atoms with Gasteiger partial charge in [0.15, 0.2) is 5.82 Å². The Bertz CT molecular complexity index is 770. The predicted molar refractivity (Wildman–Crippen MR) is 90.6 cm³/mol. The van der Waals surface area contributed by atoms with Crippen molar-refractivity contribution in [1.29, 1.82) is 0 Å². The monoisotopic (exact) mass is 328 g/mol. The fourth-order valence-electron chi connectivity index (χ4n) is 2.19. The lowest BCUT2D eigenvalue weighted by Gasteiger charge is -2.06. The van der Waals surface area contributed by atoms with Crippen LogP contribution in [0.15, 0.2) is 47.1 Å². The van der Waals surface area contributed by atoms with Gasteiger partial charge >= 0.3 is 0 Å². The van der Waals surface area contributed by atoms with Crippen molar-refractivity contribution < 1.29 is 4.52 Å². The molecule has 23 heavy (non-hydrogen) atoms. The Morgan fingerprint density at radius 1 is 1.17 bits per heavy atom. The molecule has 0 saturated carbocycles. The molecule has 1 N–H and O–H groups in total. The molecular formula is C17H17ClN4O. The molecule has 3 aromatic rings. The number of nitrogens with one attached hydrogen (secondary N) is 1. The fraction of sp³-hybridized carbons (Fsp3) is 0.235. The summed E-state index contributed by atoms with van der Waals surface area (Å²) >= 11 is 5.86. The first-order chi connectivity index (χ1) is 11.2. The van der Waals surface area contributed by atoms with Crippen LogP contribution in [0.5, 0.6) is 0 Å². The number of aromatic nitrogens is 3. The number of pyridine rings is 1. The van der Waals surface area contributed by atoms with Crippen LogP contribution in [0.25, 0.3) is 11.5 Å². The van der Waals surface area contributed by atoms with Gasteiger partial charge in [-0.15, -0.1) is 0 Å². The van der Waals surface area contributed by atoms with Gasteiger partial charge in [-0.25, -0.2) is 4.98 Å². The number of aryl methyl sites for hydroxylation is 1. The van der Waals surface area contributed by atoms with Crippen LogP contribution in [-0.4, -0.2) is 21.7 Å². The molecule has 5 nitrogen and oxygen atoms in total. The molecule has 0 spiro atoms. The second-order valence-corrected chi connectivity index (χ2v) is 5.50. The molecule has 0 unspecified atom stereocenters. The van der Waals surface area contributed by atoms with Crippen molar-refractivity contribution in [3.63, 3.8) is 0 Å². The number of benzene rings is 1. The van der Waals surface area contributed by atoms with E-state index in [9.17, 15) is 0 Å². The zero-order valence-corrected chi connectivity index (χ0v) is 13.5. The van der Waals surface area contributed by atoms with Crippen molar-refractivity contribution >= 4 is 17.3 Å². The van der Waals surface area contributed by atoms with Crippen molar-refractivity contribution in [2.75, 3.05) is 11.9 Å². The van der Waals surface area contributed by atoms with E-state index >= 15 is 0 Å². The summed E-state index contributed by atoms with van der Waals surface area (Å²) in [5.41, 5.74) is 3.14. The van der Waals surface area contributed by atoms with Gasteiger partial charge in [0.25, 0.3) is 5.89 Å². The van der Waals surface area contributed by atoms with Crippen molar-refractivity contribution in [2.45, 2.75) is 19.8 Å². The van der Waals surface area contributed by atoms with E-state index in [1.807, 2.05) is 31.2 Å². The number of hydrogen-bond acceptors (Lipinski definition) is 5. The molecular weight excluding hydrogens is 312 g/mol. The standard InChI is InChI=1S/C17H17ClN4O/c1-2-16-21-17(23-22-16)13-5-3-12(4-6-13)7-9-19-14-8-10-20-15(18)11-14/h3-6,8,10-11H,2,7,9H2,1H3,(H,19,20). The number of nitrogens with zero attached hydrogens (tertiary/aromatic N) is 3. The summed E-state index contributed by atoms with van der Waals surface area (Å²) in [6.45, 7) is 2.82. The molecule has 0 atom stereocenters. The summed E-state index contributed by atoms with van der Waals surface area (Å²) in [4.78, 5) is 8.29. The highest BCUT2D eigenvalue weighted by Gasteiger charge is 2.07. The molecule has 0 fully saturated rings. The highest BCUT2D eigenvalue weighted by atomic mass is 35.5. The summed E-state index contributed by atoms with van der Waals surface area (Å²) < 4.78 is 5.24. The SMILES string of the molecule is CCc1noc(-c2ccc(CCNc3ccnc(Cl)c3)cc2)n1. The van der Waals surface area contributed by atoms with Gasteiger partial charge in [0.1, 0.15) is 5.15 Å². The third-order valence-electron chi connectivity index (χ3n) is 3.45. The minimum atomic E-state index is 0.491. The Hall–Kier alpha value is -2.40. The fourth-order valence-corrected chi connectivity index (χ4v) is 2.37. The number of anilines is 1. The molecule has 0 aliphatic carbocycles. The smallest absolute Gasteiger partial charge is 0.257 e. The zero-order chi connectivity index (χ0) is 16.1. The van der Waals surface area contributed by atoms with E-state index in [4.69, 9.17) is 16.1 Å². The molecule has 6 heteroatoms. The maximum Gasteiger partial charge on any atom is 0.257 e. The first-order valence-corrected chi connectivity index (χ1v) is 7.89. The van der Waals surface area contributed by atoms with Crippen LogP contribution in [0.4, 0.5) is 5.69 Å². The highest BCUT2D eigenvalue weighted by molar-refractivity contribution is 6.29. The van der Waals surface area contributed by atoms with Crippen LogP contribution in [0.1, 0.15) is 18.3 Å². The molecule has 0 saturated heterocycles. The molecule has 0 aliphatic rings. The molecule has 0 bridgehead atoms. The average Bonchev–Trinajstić information content (AvgIpc) is 3.05. The van der Waals surface area contributed by atoms with Gasteiger partial charge in [-0.3, -0.25) is 0 Å². The quantitative estimate of drug-likeness (QED) is 0.693. The molecule has 3 rings (SSSR count). The van der Waals surface area contributed by atoms with Crippen LogP contribution >= 0.6 is 11.6 Å². The van der Waals surface area contributed by atoms with E-state index in [-0.39, 0.29) is 0 Å². The Morgan fingerprint density at radius 3 is 2.70 bits per heavy atom. The molecule has 1 aromatic carbocycles. The second kappa shape index (κ2) is 7.24. The molecule has 0 aliphatic heterocycles. The van der Waals surface area contributed by atoms with E-state index in [2.05, 4.69) is 32.6 Å². The number of hydrogen-bond donors (Lipinski definition) is 1. The van der Waals surface area contributed by atoms with E-state index < -0.39 is 0 Å². The minimum Gasteiger partial charge on any atom is -0.385 e. The van der Waals surface area contributed by atoms with E-state index in [1.54, 1.807) is 6.20 Å². The maximum absolute atomic E-state index is 5.86. The van der Waals surface area contributed by atoms with Gasteiger partial charge in [0, 0.05) is 30.4 Å². The Labute approximate surface area is 139 Å². The van der Waals surface area contributed by atoms with Gasteiger partial charge in [-0.05, 0) is 36.2 Å². The minimum absolute atomic E-state index is 0.491. The number of halogens is 1. The summed E-state index contributed by atoms with van der Waals surface area (Å²) in [5, 5.41) is 7.73. The van der Waals surface area contributed by atoms with Crippen molar-refractivity contribution in [3.8, 4) is 11.5 Å². The Morgan fingerprint density at radius 2 is 2.00 bits per heavy atom. The van der Waals surface area contributed by atoms with Crippen LogP contribution in [-0.2, 0) is 12.8 Å². The second-order valence-electron chi connectivity index (χ2n) is 5.11. The number of rotatable bonds is 6. The molecule has 118 valence electrons. The first-order valence-electron chi connectivity index (χ1n) is 7.52. The lowest BCUT2D eigenvalue weighted by atomic mass is 10.1. The van der Waals surface area contributed by atoms with E-state index in [1.165, 1.54) is 5.56 Å². The van der Waals surface area contributed by atoms with Crippen molar-refractivity contribution in [1.82, 2.24) is 15.1 Å². The summed E-state index contributed by atoms with van der Waals surface area (Å²) in [7, 11) is 0. The largest absolute Gasteiger partial charge is 0.385 e. The Balaban J connectivity index is 1.57. The van der Waals surface area contributed by atoms with Crippen molar-refractivity contribution in [3.05, 3.63) is 59.1 Å². The van der Waals surface area contributed by atoms with Crippen LogP contribution in [0.3, 0.4) is 0 Å². The lowest BCUT2D eigenvalue weighted by Crippen LogP contribution is -2.04. The third-order valence-corrected chi connectivity index (χ3v) is 3.66. The highest BCUT2D eigenvalue weighted by Crippen LogP contribution is 2.18. The molecule has 0 amide bonds. The summed E-state index contributed by atoms with van der Waals surface area (Å²) in [5.74, 6) is 1.29. The van der Waals surface area contributed by atoms with Crippen LogP contribution in [0.2, 0.25) is 5.15 Å². The van der Waals surface area contributed by atoms with Gasteiger partial charge < -0.3 is 9.84 Å². The van der Waals surface area contributed by atoms with Gasteiger partial charge in [-0.1, -0.05) is 35.8 Å². The summed E-state index contributed by atoms with van der Waals surface area (Å²) in [6.07, 6.45) is 3.37.